The zero-order valence-corrected chi connectivity index (χ0v) is 20.2. The second-order valence-electron chi connectivity index (χ2n) is 8.00. The molecule has 0 atom stereocenters. The molecule has 0 aliphatic carbocycles. The molecule has 10 heteroatoms. The summed E-state index contributed by atoms with van der Waals surface area (Å²) in [6.45, 7) is 10.4. The van der Waals surface area contributed by atoms with Gasteiger partial charge in [0.15, 0.2) is 5.96 Å². The van der Waals surface area contributed by atoms with Crippen molar-refractivity contribution >= 4 is 36.0 Å². The van der Waals surface area contributed by atoms with Gasteiger partial charge >= 0.3 is 6.09 Å². The number of carbonyl (C=O) groups is 1. The quantitative estimate of drug-likeness (QED) is 0.374. The Morgan fingerprint density at radius 3 is 2.37 bits per heavy atom. The van der Waals surface area contributed by atoms with E-state index < -0.39 is 5.60 Å². The van der Waals surface area contributed by atoms with E-state index in [0.717, 1.165) is 17.2 Å². The fourth-order valence-corrected chi connectivity index (χ4v) is 2.99. The highest BCUT2D eigenvalue weighted by Gasteiger charge is 2.26. The summed E-state index contributed by atoms with van der Waals surface area (Å²) in [7, 11) is 0. The molecule has 164 valence electrons. The molecule has 2 N–H and O–H groups in total. The number of halogens is 1. The Hall–Kier alpha value is -2.37. The Morgan fingerprint density at radius 1 is 1.17 bits per heavy atom. The van der Waals surface area contributed by atoms with Gasteiger partial charge in [-0.1, -0.05) is 6.07 Å². The molecule has 0 aromatic carbocycles. The zero-order valence-electron chi connectivity index (χ0n) is 17.9. The van der Waals surface area contributed by atoms with E-state index in [1.807, 2.05) is 55.5 Å². The van der Waals surface area contributed by atoms with Crippen LogP contribution in [-0.4, -0.2) is 68.2 Å². The van der Waals surface area contributed by atoms with Gasteiger partial charge in [0, 0.05) is 44.8 Å². The number of nitrogens with zero attached hydrogens (tertiary/aromatic N) is 6. The van der Waals surface area contributed by atoms with E-state index in [1.54, 1.807) is 17.3 Å². The number of hydrogen-bond donors (Lipinski definition) is 1. The van der Waals surface area contributed by atoms with Crippen molar-refractivity contribution in [1.82, 2.24) is 24.3 Å². The maximum atomic E-state index is 12.1. The number of pyridine rings is 1. The Labute approximate surface area is 194 Å². The number of nitrogens with two attached hydrogens (primary N) is 1. The van der Waals surface area contributed by atoms with Gasteiger partial charge in [0.1, 0.15) is 17.2 Å². The maximum absolute atomic E-state index is 12.1. The molecule has 3 rings (SSSR count). The van der Waals surface area contributed by atoms with Crippen LogP contribution in [0.3, 0.4) is 0 Å². The van der Waals surface area contributed by atoms with E-state index in [9.17, 15) is 4.79 Å². The molecular formula is C20H30IN7O2. The summed E-state index contributed by atoms with van der Waals surface area (Å²) in [6, 6.07) is 3.92. The SMILES string of the molecule is Cc1nccn1-c1ccc(CN=C(N)N2CCN(C(=O)OC(C)(C)C)CC2)cn1.I. The first-order valence-electron chi connectivity index (χ1n) is 9.71. The van der Waals surface area contributed by atoms with Crippen molar-refractivity contribution in [3.63, 3.8) is 0 Å². The van der Waals surface area contributed by atoms with Crippen LogP contribution in [0.4, 0.5) is 4.79 Å². The molecule has 1 saturated heterocycles. The minimum Gasteiger partial charge on any atom is -0.444 e. The number of ether oxygens (including phenoxy) is 1. The predicted octanol–water partition coefficient (Wildman–Crippen LogP) is 2.56. The van der Waals surface area contributed by atoms with Crippen LogP contribution in [0.5, 0.6) is 0 Å². The van der Waals surface area contributed by atoms with E-state index >= 15 is 0 Å². The van der Waals surface area contributed by atoms with Crippen molar-refractivity contribution in [2.24, 2.45) is 10.7 Å². The number of rotatable bonds is 3. The van der Waals surface area contributed by atoms with Crippen LogP contribution >= 0.6 is 24.0 Å². The maximum Gasteiger partial charge on any atom is 0.410 e. The van der Waals surface area contributed by atoms with Crippen LogP contribution < -0.4 is 5.73 Å². The number of amides is 1. The number of aliphatic imine (C=N–C) groups is 1. The number of guanidine groups is 1. The second-order valence-corrected chi connectivity index (χ2v) is 8.00. The van der Waals surface area contributed by atoms with Gasteiger partial charge in [-0.05, 0) is 39.3 Å². The molecule has 3 heterocycles. The molecule has 0 unspecified atom stereocenters. The fraction of sp³-hybridized carbons (Fsp3) is 0.500. The monoisotopic (exact) mass is 527 g/mol. The largest absolute Gasteiger partial charge is 0.444 e. The topological polar surface area (TPSA) is 102 Å². The molecule has 0 spiro atoms. The lowest BCUT2D eigenvalue weighted by atomic mass is 10.2. The minimum absolute atomic E-state index is 0. The van der Waals surface area contributed by atoms with Gasteiger partial charge in [-0.25, -0.2) is 19.8 Å². The lowest BCUT2D eigenvalue weighted by Crippen LogP contribution is -2.53. The lowest BCUT2D eigenvalue weighted by molar-refractivity contribution is 0.0186. The van der Waals surface area contributed by atoms with Crippen LogP contribution in [0, 0.1) is 6.92 Å². The van der Waals surface area contributed by atoms with E-state index in [4.69, 9.17) is 10.5 Å². The van der Waals surface area contributed by atoms with Gasteiger partial charge in [0.25, 0.3) is 0 Å². The minimum atomic E-state index is -0.491. The molecule has 1 amide bonds. The molecule has 2 aromatic rings. The van der Waals surface area contributed by atoms with Crippen molar-refractivity contribution in [2.45, 2.75) is 39.8 Å². The molecule has 1 aliphatic rings. The normalized spacial score (nSPS) is 15.0. The Bertz CT molecular complexity index is 866. The van der Waals surface area contributed by atoms with Crippen LogP contribution in [0.2, 0.25) is 0 Å². The van der Waals surface area contributed by atoms with E-state index in [-0.39, 0.29) is 30.1 Å². The van der Waals surface area contributed by atoms with E-state index in [0.29, 0.717) is 38.7 Å². The van der Waals surface area contributed by atoms with Crippen LogP contribution in [0.15, 0.2) is 35.7 Å². The lowest BCUT2D eigenvalue weighted by Gasteiger charge is -2.36. The fourth-order valence-electron chi connectivity index (χ4n) is 2.99. The summed E-state index contributed by atoms with van der Waals surface area (Å²) in [5.74, 6) is 2.18. The molecule has 2 aromatic heterocycles. The summed E-state index contributed by atoms with van der Waals surface area (Å²) < 4.78 is 7.34. The molecule has 0 saturated carbocycles. The standard InChI is InChI=1S/C20H29N7O2.HI/c1-15-22-7-8-27(15)17-6-5-16(13-23-17)14-24-18(21)25-9-11-26(12-10-25)19(28)29-20(2,3)4;/h5-8,13H,9-12,14H2,1-4H3,(H2,21,24);1H. The Kier molecular flexibility index (Phi) is 8.04. The molecule has 9 nitrogen and oxygen atoms in total. The Morgan fingerprint density at radius 2 is 1.83 bits per heavy atom. The van der Waals surface area contributed by atoms with Gasteiger partial charge < -0.3 is 20.3 Å². The summed E-state index contributed by atoms with van der Waals surface area (Å²) in [6.07, 6.45) is 5.14. The molecule has 1 fully saturated rings. The van der Waals surface area contributed by atoms with Gasteiger partial charge in [-0.15, -0.1) is 24.0 Å². The Balaban J connectivity index is 0.00000320. The van der Waals surface area contributed by atoms with Gasteiger partial charge in [0.05, 0.1) is 6.54 Å². The highest BCUT2D eigenvalue weighted by molar-refractivity contribution is 14.0. The third-order valence-corrected chi connectivity index (χ3v) is 4.56. The second kappa shape index (κ2) is 10.1. The summed E-state index contributed by atoms with van der Waals surface area (Å²) in [5.41, 5.74) is 6.64. The first-order valence-corrected chi connectivity index (χ1v) is 9.71. The predicted molar refractivity (Wildman–Crippen MR) is 126 cm³/mol. The van der Waals surface area contributed by atoms with Crippen LogP contribution in [0.1, 0.15) is 32.2 Å². The van der Waals surface area contributed by atoms with Crippen molar-refractivity contribution in [3.8, 4) is 5.82 Å². The van der Waals surface area contributed by atoms with Gasteiger partial charge in [0.2, 0.25) is 0 Å². The third kappa shape index (κ3) is 6.31. The highest BCUT2D eigenvalue weighted by atomic mass is 127. The van der Waals surface area contributed by atoms with Crippen molar-refractivity contribution < 1.29 is 9.53 Å². The molecule has 30 heavy (non-hydrogen) atoms. The molecule has 1 aliphatic heterocycles. The van der Waals surface area contributed by atoms with Crippen molar-refractivity contribution in [2.75, 3.05) is 26.2 Å². The van der Waals surface area contributed by atoms with E-state index in [2.05, 4.69) is 15.0 Å². The zero-order chi connectivity index (χ0) is 21.0. The van der Waals surface area contributed by atoms with Crippen LogP contribution in [0.25, 0.3) is 5.82 Å². The molecular weight excluding hydrogens is 497 g/mol. The van der Waals surface area contributed by atoms with Crippen LogP contribution in [-0.2, 0) is 11.3 Å². The summed E-state index contributed by atoms with van der Waals surface area (Å²) in [4.78, 5) is 29.0. The van der Waals surface area contributed by atoms with Gasteiger partial charge in [-0.2, -0.15) is 0 Å². The number of hydrogen-bond acceptors (Lipinski definition) is 5. The molecule has 0 bridgehead atoms. The first-order chi connectivity index (χ1) is 13.7. The third-order valence-electron chi connectivity index (χ3n) is 4.56. The summed E-state index contributed by atoms with van der Waals surface area (Å²) in [5, 5.41) is 0. The number of aryl methyl sites for hydroxylation is 1. The average molecular weight is 527 g/mol. The number of carbonyl (C=O) groups excluding carboxylic acids is 1. The summed E-state index contributed by atoms with van der Waals surface area (Å²) >= 11 is 0. The van der Waals surface area contributed by atoms with E-state index in [1.165, 1.54) is 0 Å². The smallest absolute Gasteiger partial charge is 0.410 e. The molecule has 0 radical (unpaired) electrons. The number of aromatic nitrogens is 3. The van der Waals surface area contributed by atoms with Crippen molar-refractivity contribution in [1.29, 1.82) is 0 Å². The number of imidazole rings is 1. The number of piperazine rings is 1. The van der Waals surface area contributed by atoms with Gasteiger partial charge in [-0.3, -0.25) is 4.57 Å². The highest BCUT2D eigenvalue weighted by Crippen LogP contribution is 2.12. The first kappa shape index (κ1) is 23.9. The average Bonchev–Trinajstić information content (AvgIpc) is 3.11. The van der Waals surface area contributed by atoms with Crippen molar-refractivity contribution in [3.05, 3.63) is 42.1 Å².